The van der Waals surface area contributed by atoms with Crippen molar-refractivity contribution in [2.45, 2.75) is 39.2 Å². The number of thiazole rings is 1. The minimum absolute atomic E-state index is 0.0627. The van der Waals surface area contributed by atoms with Crippen LogP contribution in [0.5, 0.6) is 0 Å². The first kappa shape index (κ1) is 13.1. The van der Waals surface area contributed by atoms with Gasteiger partial charge in [-0.3, -0.25) is 0 Å². The van der Waals surface area contributed by atoms with E-state index in [1.54, 1.807) is 11.3 Å². The summed E-state index contributed by atoms with van der Waals surface area (Å²) in [6, 6.07) is 4.29. The molecule has 1 unspecified atom stereocenters. The normalized spacial score (nSPS) is 14.7. The molecule has 0 saturated carbocycles. The highest BCUT2D eigenvalue weighted by Gasteiger charge is 2.18. The SMILES string of the molecule is Cc1csc(C(C)Nc2nc3c(cc2C#N)CCC3)n1. The van der Waals surface area contributed by atoms with Gasteiger partial charge in [-0.15, -0.1) is 11.3 Å². The lowest BCUT2D eigenvalue weighted by Crippen LogP contribution is -2.10. The summed E-state index contributed by atoms with van der Waals surface area (Å²) in [6.45, 7) is 4.04. The van der Waals surface area contributed by atoms with Crippen molar-refractivity contribution in [2.24, 2.45) is 0 Å². The molecule has 0 fully saturated rings. The summed E-state index contributed by atoms with van der Waals surface area (Å²) in [5.41, 5.74) is 4.02. The molecule has 0 aromatic carbocycles. The van der Waals surface area contributed by atoms with Crippen molar-refractivity contribution in [2.75, 3.05) is 5.32 Å². The third kappa shape index (κ3) is 2.39. The molecule has 1 atom stereocenters. The van der Waals surface area contributed by atoms with Crippen LogP contribution in [-0.2, 0) is 12.8 Å². The van der Waals surface area contributed by atoms with Crippen molar-refractivity contribution in [3.8, 4) is 6.07 Å². The number of nitrogens with zero attached hydrogens (tertiary/aromatic N) is 3. The molecule has 2 aromatic heterocycles. The fraction of sp³-hybridized carbons (Fsp3) is 0.400. The average Bonchev–Trinajstić information content (AvgIpc) is 3.05. The summed E-state index contributed by atoms with van der Waals surface area (Å²) >= 11 is 1.63. The first-order chi connectivity index (χ1) is 9.67. The van der Waals surface area contributed by atoms with Crippen molar-refractivity contribution < 1.29 is 0 Å². The maximum atomic E-state index is 9.29. The van der Waals surface area contributed by atoms with Crippen LogP contribution in [0.15, 0.2) is 11.4 Å². The summed E-state index contributed by atoms with van der Waals surface area (Å²) in [7, 11) is 0. The first-order valence-corrected chi connectivity index (χ1v) is 7.67. The van der Waals surface area contributed by atoms with Gasteiger partial charge in [0.25, 0.3) is 0 Å². The number of nitriles is 1. The summed E-state index contributed by atoms with van der Waals surface area (Å²) < 4.78 is 0. The second-order valence-corrected chi connectivity index (χ2v) is 6.04. The van der Waals surface area contributed by atoms with Gasteiger partial charge in [0.2, 0.25) is 0 Å². The Balaban J connectivity index is 1.89. The van der Waals surface area contributed by atoms with Crippen LogP contribution in [0.25, 0.3) is 0 Å². The second-order valence-electron chi connectivity index (χ2n) is 5.15. The fourth-order valence-corrected chi connectivity index (χ4v) is 3.31. The number of anilines is 1. The number of nitrogens with one attached hydrogen (secondary N) is 1. The largest absolute Gasteiger partial charge is 0.360 e. The van der Waals surface area contributed by atoms with E-state index >= 15 is 0 Å². The minimum atomic E-state index is 0.0627. The van der Waals surface area contributed by atoms with Gasteiger partial charge in [0.05, 0.1) is 11.6 Å². The van der Waals surface area contributed by atoms with E-state index < -0.39 is 0 Å². The highest BCUT2D eigenvalue weighted by molar-refractivity contribution is 7.09. The van der Waals surface area contributed by atoms with Gasteiger partial charge in [0.15, 0.2) is 0 Å². The third-order valence-corrected chi connectivity index (χ3v) is 4.68. The van der Waals surface area contributed by atoms with Crippen molar-refractivity contribution in [1.82, 2.24) is 9.97 Å². The molecule has 0 radical (unpaired) electrons. The molecule has 0 aliphatic heterocycles. The van der Waals surface area contributed by atoms with Gasteiger partial charge >= 0.3 is 0 Å². The van der Waals surface area contributed by atoms with Crippen LogP contribution in [-0.4, -0.2) is 9.97 Å². The molecule has 20 heavy (non-hydrogen) atoms. The Morgan fingerprint density at radius 3 is 2.95 bits per heavy atom. The first-order valence-electron chi connectivity index (χ1n) is 6.79. The highest BCUT2D eigenvalue weighted by atomic mass is 32.1. The Hall–Kier alpha value is -1.93. The lowest BCUT2D eigenvalue weighted by Gasteiger charge is -2.14. The number of hydrogen-bond acceptors (Lipinski definition) is 5. The Bertz CT molecular complexity index is 684. The predicted molar refractivity (Wildman–Crippen MR) is 79.9 cm³/mol. The van der Waals surface area contributed by atoms with Crippen molar-refractivity contribution >= 4 is 17.2 Å². The molecular weight excluding hydrogens is 268 g/mol. The predicted octanol–water partition coefficient (Wildman–Crippen LogP) is 3.38. The minimum Gasteiger partial charge on any atom is -0.360 e. The van der Waals surface area contributed by atoms with Crippen molar-refractivity contribution in [3.63, 3.8) is 0 Å². The molecule has 1 aliphatic rings. The van der Waals surface area contributed by atoms with Crippen LogP contribution >= 0.6 is 11.3 Å². The summed E-state index contributed by atoms with van der Waals surface area (Å²) in [4.78, 5) is 9.12. The van der Waals surface area contributed by atoms with E-state index in [2.05, 4.69) is 21.4 Å². The van der Waals surface area contributed by atoms with E-state index in [-0.39, 0.29) is 6.04 Å². The number of rotatable bonds is 3. The number of pyridine rings is 1. The van der Waals surface area contributed by atoms with E-state index in [9.17, 15) is 5.26 Å². The van der Waals surface area contributed by atoms with Crippen LogP contribution in [0.4, 0.5) is 5.82 Å². The highest BCUT2D eigenvalue weighted by Crippen LogP contribution is 2.28. The molecule has 3 rings (SSSR count). The molecular formula is C15H16N4S. The van der Waals surface area contributed by atoms with E-state index in [1.165, 1.54) is 5.56 Å². The van der Waals surface area contributed by atoms with Crippen LogP contribution in [0.2, 0.25) is 0 Å². The molecule has 2 aromatic rings. The molecule has 1 N–H and O–H groups in total. The van der Waals surface area contributed by atoms with E-state index in [4.69, 9.17) is 0 Å². The number of hydrogen-bond donors (Lipinski definition) is 1. The van der Waals surface area contributed by atoms with Gasteiger partial charge in [0, 0.05) is 16.8 Å². The van der Waals surface area contributed by atoms with E-state index in [0.717, 1.165) is 35.7 Å². The smallest absolute Gasteiger partial charge is 0.144 e. The quantitative estimate of drug-likeness (QED) is 0.938. The lowest BCUT2D eigenvalue weighted by molar-refractivity contribution is 0.849. The monoisotopic (exact) mass is 284 g/mol. The molecule has 0 bridgehead atoms. The van der Waals surface area contributed by atoms with Gasteiger partial charge in [-0.1, -0.05) is 0 Å². The molecule has 2 heterocycles. The lowest BCUT2D eigenvalue weighted by atomic mass is 10.1. The average molecular weight is 284 g/mol. The van der Waals surface area contributed by atoms with E-state index in [0.29, 0.717) is 11.4 Å². The molecule has 102 valence electrons. The van der Waals surface area contributed by atoms with Crippen molar-refractivity contribution in [1.29, 1.82) is 5.26 Å². The molecule has 4 nitrogen and oxygen atoms in total. The molecule has 1 aliphatic carbocycles. The Morgan fingerprint density at radius 2 is 2.25 bits per heavy atom. The van der Waals surface area contributed by atoms with Gasteiger partial charge < -0.3 is 5.32 Å². The van der Waals surface area contributed by atoms with Crippen LogP contribution in [0.1, 0.15) is 46.9 Å². The summed E-state index contributed by atoms with van der Waals surface area (Å²) in [5.74, 6) is 0.688. The number of fused-ring (bicyclic) bond motifs is 1. The molecule has 0 spiro atoms. The summed E-state index contributed by atoms with van der Waals surface area (Å²) in [5, 5.41) is 15.7. The van der Waals surface area contributed by atoms with Gasteiger partial charge in [-0.2, -0.15) is 5.26 Å². The Morgan fingerprint density at radius 1 is 1.40 bits per heavy atom. The topological polar surface area (TPSA) is 61.6 Å². The fourth-order valence-electron chi connectivity index (χ4n) is 2.51. The maximum absolute atomic E-state index is 9.29. The zero-order chi connectivity index (χ0) is 14.1. The molecule has 0 saturated heterocycles. The standard InChI is InChI=1S/C15H16N4S/c1-9-8-20-15(17-9)10(2)18-14-12(7-16)6-11-4-3-5-13(11)19-14/h6,8,10H,3-5H2,1-2H3,(H,18,19). The van der Waals surface area contributed by atoms with Gasteiger partial charge in [-0.25, -0.2) is 9.97 Å². The van der Waals surface area contributed by atoms with E-state index in [1.807, 2.05) is 25.3 Å². The third-order valence-electron chi connectivity index (χ3n) is 3.53. The molecule has 5 heteroatoms. The molecule has 0 amide bonds. The second kappa shape index (κ2) is 5.22. The van der Waals surface area contributed by atoms with Crippen LogP contribution < -0.4 is 5.32 Å². The number of aryl methyl sites for hydroxylation is 3. The number of aromatic nitrogens is 2. The van der Waals surface area contributed by atoms with Crippen LogP contribution in [0.3, 0.4) is 0 Å². The summed E-state index contributed by atoms with van der Waals surface area (Å²) in [6.07, 6.45) is 3.19. The van der Waals surface area contributed by atoms with Gasteiger partial charge in [-0.05, 0) is 44.7 Å². The zero-order valence-corrected chi connectivity index (χ0v) is 12.4. The Labute approximate surface area is 122 Å². The van der Waals surface area contributed by atoms with Crippen LogP contribution in [0, 0.1) is 18.3 Å². The van der Waals surface area contributed by atoms with Gasteiger partial charge in [0.1, 0.15) is 16.9 Å². The maximum Gasteiger partial charge on any atom is 0.144 e. The van der Waals surface area contributed by atoms with Crippen molar-refractivity contribution in [3.05, 3.63) is 39.0 Å². The Kier molecular flexibility index (Phi) is 3.41. The zero-order valence-electron chi connectivity index (χ0n) is 11.6.